The molecule has 0 saturated carbocycles. The third kappa shape index (κ3) is 3.02. The first-order chi connectivity index (χ1) is 12.6. The molecule has 26 heavy (non-hydrogen) atoms. The molecule has 0 bridgehead atoms. The molecule has 0 radical (unpaired) electrons. The first-order valence-corrected chi connectivity index (χ1v) is 8.16. The highest BCUT2D eigenvalue weighted by Crippen LogP contribution is 2.21. The minimum Gasteiger partial charge on any atom is -0.361 e. The molecular formula is C19H16N4O3. The van der Waals surface area contributed by atoms with Gasteiger partial charge in [-0.25, -0.2) is 4.79 Å². The monoisotopic (exact) mass is 348 g/mol. The number of nitrogens with one attached hydrogen (secondary N) is 4. The number of imide groups is 1. The van der Waals surface area contributed by atoms with Gasteiger partial charge in [0.15, 0.2) is 0 Å². The topological polar surface area (TPSA) is 103 Å². The Balaban J connectivity index is 1.49. The Labute approximate surface area is 148 Å². The lowest BCUT2D eigenvalue weighted by Crippen LogP contribution is -2.22. The number of para-hydroxylation sites is 1. The molecule has 4 N–H and O–H groups in total. The van der Waals surface area contributed by atoms with E-state index >= 15 is 0 Å². The number of urea groups is 1. The molecule has 7 nitrogen and oxygen atoms in total. The van der Waals surface area contributed by atoms with Gasteiger partial charge in [-0.2, -0.15) is 0 Å². The summed E-state index contributed by atoms with van der Waals surface area (Å²) in [5, 5.41) is 8.59. The number of H-pyrrole nitrogens is 1. The van der Waals surface area contributed by atoms with E-state index in [9.17, 15) is 14.4 Å². The summed E-state index contributed by atoms with van der Waals surface area (Å²) in [4.78, 5) is 38.6. The van der Waals surface area contributed by atoms with Gasteiger partial charge in [-0.3, -0.25) is 14.9 Å². The largest absolute Gasteiger partial charge is 0.361 e. The van der Waals surface area contributed by atoms with Crippen LogP contribution in [0.5, 0.6) is 0 Å². The van der Waals surface area contributed by atoms with E-state index in [0.29, 0.717) is 11.3 Å². The third-order valence-corrected chi connectivity index (χ3v) is 4.30. The van der Waals surface area contributed by atoms with Gasteiger partial charge >= 0.3 is 6.03 Å². The fourth-order valence-corrected chi connectivity index (χ4v) is 3.10. The number of carbonyl (C=O) groups is 3. The molecule has 7 heteroatoms. The fraction of sp³-hybridized carbons (Fsp3) is 0.105. The molecule has 2 aromatic carbocycles. The summed E-state index contributed by atoms with van der Waals surface area (Å²) in [6.07, 6.45) is 2.06. The van der Waals surface area contributed by atoms with Gasteiger partial charge in [0.2, 0.25) is 5.91 Å². The highest BCUT2D eigenvalue weighted by molar-refractivity contribution is 6.04. The zero-order valence-corrected chi connectivity index (χ0v) is 13.7. The van der Waals surface area contributed by atoms with Crippen molar-refractivity contribution in [3.63, 3.8) is 0 Å². The van der Waals surface area contributed by atoms with Gasteiger partial charge in [0.1, 0.15) is 6.04 Å². The molecule has 1 unspecified atom stereocenters. The Morgan fingerprint density at radius 2 is 1.92 bits per heavy atom. The number of benzene rings is 2. The molecule has 1 atom stereocenters. The average Bonchev–Trinajstić information content (AvgIpc) is 3.18. The summed E-state index contributed by atoms with van der Waals surface area (Å²) >= 11 is 0. The average molecular weight is 348 g/mol. The number of anilines is 1. The molecule has 2 heterocycles. The summed E-state index contributed by atoms with van der Waals surface area (Å²) in [6.45, 7) is 0. The van der Waals surface area contributed by atoms with E-state index in [4.69, 9.17) is 0 Å². The number of aromatic nitrogens is 1. The molecule has 4 rings (SSSR count). The number of hydrogen-bond donors (Lipinski definition) is 4. The van der Waals surface area contributed by atoms with Crippen LogP contribution < -0.4 is 16.0 Å². The van der Waals surface area contributed by atoms with Crippen LogP contribution in [0.4, 0.5) is 10.5 Å². The predicted octanol–water partition coefficient (Wildman–Crippen LogP) is 2.23. The quantitative estimate of drug-likeness (QED) is 0.544. The Bertz CT molecular complexity index is 1020. The number of aromatic amines is 1. The van der Waals surface area contributed by atoms with E-state index < -0.39 is 18.0 Å². The van der Waals surface area contributed by atoms with Crippen molar-refractivity contribution < 1.29 is 14.4 Å². The van der Waals surface area contributed by atoms with Crippen LogP contribution in [0.25, 0.3) is 10.9 Å². The van der Waals surface area contributed by atoms with Crippen LogP contribution in [0.3, 0.4) is 0 Å². The van der Waals surface area contributed by atoms with E-state index in [1.807, 2.05) is 30.5 Å². The Hall–Kier alpha value is -3.61. The molecule has 3 aromatic rings. The lowest BCUT2D eigenvalue weighted by Gasteiger charge is -2.10. The zero-order chi connectivity index (χ0) is 18.1. The Kier molecular flexibility index (Phi) is 3.89. The highest BCUT2D eigenvalue weighted by atomic mass is 16.2. The molecule has 1 aliphatic rings. The van der Waals surface area contributed by atoms with Crippen LogP contribution in [0.2, 0.25) is 0 Å². The molecule has 4 amide bonds. The first-order valence-electron chi connectivity index (χ1n) is 8.16. The molecule has 0 aliphatic carbocycles. The van der Waals surface area contributed by atoms with Crippen LogP contribution in [0, 0.1) is 0 Å². The van der Waals surface area contributed by atoms with E-state index in [1.54, 1.807) is 24.3 Å². The second kappa shape index (κ2) is 6.36. The summed E-state index contributed by atoms with van der Waals surface area (Å²) in [6, 6.07) is 13.4. The van der Waals surface area contributed by atoms with Crippen LogP contribution in [0.1, 0.15) is 17.2 Å². The minimum absolute atomic E-state index is 0.160. The van der Waals surface area contributed by atoms with Crippen molar-refractivity contribution in [1.82, 2.24) is 15.6 Å². The Morgan fingerprint density at radius 3 is 2.73 bits per heavy atom. The Morgan fingerprint density at radius 1 is 1.08 bits per heavy atom. The van der Waals surface area contributed by atoms with Gasteiger partial charge in [0, 0.05) is 22.8 Å². The normalized spacial score (nSPS) is 16.4. The zero-order valence-electron chi connectivity index (χ0n) is 13.7. The maximum Gasteiger partial charge on any atom is 0.322 e. The number of amides is 4. The van der Waals surface area contributed by atoms with Gasteiger partial charge in [0.05, 0.1) is 6.42 Å². The van der Waals surface area contributed by atoms with Crippen molar-refractivity contribution in [2.75, 3.05) is 5.32 Å². The van der Waals surface area contributed by atoms with Crippen molar-refractivity contribution in [2.45, 2.75) is 12.5 Å². The fourth-order valence-electron chi connectivity index (χ4n) is 3.10. The van der Waals surface area contributed by atoms with Crippen molar-refractivity contribution in [3.8, 4) is 0 Å². The first kappa shape index (κ1) is 15.9. The summed E-state index contributed by atoms with van der Waals surface area (Å²) < 4.78 is 0. The smallest absolute Gasteiger partial charge is 0.322 e. The summed E-state index contributed by atoms with van der Waals surface area (Å²) in [7, 11) is 0. The predicted molar refractivity (Wildman–Crippen MR) is 96.5 cm³/mol. The van der Waals surface area contributed by atoms with Crippen molar-refractivity contribution in [2.24, 2.45) is 0 Å². The maximum atomic E-state index is 12.4. The van der Waals surface area contributed by atoms with Crippen LogP contribution in [-0.2, 0) is 16.0 Å². The standard InChI is InChI=1S/C19H16N4O3/c24-16(9-12-10-20-15-7-2-1-6-14(12)15)21-13-5-3-4-11(8-13)17-18(25)23-19(26)22-17/h1-8,10,17,20H,9H2,(H,21,24)(H2,22,23,25,26). The molecule has 1 fully saturated rings. The van der Waals surface area contributed by atoms with Gasteiger partial charge in [-0.15, -0.1) is 0 Å². The van der Waals surface area contributed by atoms with Crippen molar-refractivity contribution >= 4 is 34.4 Å². The molecule has 1 saturated heterocycles. The van der Waals surface area contributed by atoms with Gasteiger partial charge in [0.25, 0.3) is 5.91 Å². The second-order valence-corrected chi connectivity index (χ2v) is 6.11. The number of fused-ring (bicyclic) bond motifs is 1. The number of carbonyl (C=O) groups excluding carboxylic acids is 3. The van der Waals surface area contributed by atoms with Crippen LogP contribution in [0.15, 0.2) is 54.7 Å². The van der Waals surface area contributed by atoms with Crippen molar-refractivity contribution in [1.29, 1.82) is 0 Å². The molecular weight excluding hydrogens is 332 g/mol. The van der Waals surface area contributed by atoms with E-state index in [-0.39, 0.29) is 12.3 Å². The van der Waals surface area contributed by atoms with Gasteiger partial charge in [-0.05, 0) is 29.3 Å². The maximum absolute atomic E-state index is 12.4. The van der Waals surface area contributed by atoms with E-state index in [1.165, 1.54) is 0 Å². The molecule has 130 valence electrons. The molecule has 0 spiro atoms. The van der Waals surface area contributed by atoms with Gasteiger partial charge in [-0.1, -0.05) is 30.3 Å². The summed E-state index contributed by atoms with van der Waals surface area (Å²) in [5.74, 6) is -0.566. The molecule has 1 aliphatic heterocycles. The summed E-state index contributed by atoms with van der Waals surface area (Å²) in [5.41, 5.74) is 3.08. The third-order valence-electron chi connectivity index (χ3n) is 4.30. The lowest BCUT2D eigenvalue weighted by atomic mass is 10.1. The molecule has 1 aromatic heterocycles. The van der Waals surface area contributed by atoms with E-state index in [2.05, 4.69) is 20.9 Å². The van der Waals surface area contributed by atoms with Crippen LogP contribution >= 0.6 is 0 Å². The van der Waals surface area contributed by atoms with Gasteiger partial charge < -0.3 is 15.6 Å². The minimum atomic E-state index is -0.743. The highest BCUT2D eigenvalue weighted by Gasteiger charge is 2.30. The van der Waals surface area contributed by atoms with E-state index in [0.717, 1.165) is 16.5 Å². The SMILES string of the molecule is O=C(Cc1c[nH]c2ccccc12)Nc1cccc(C2NC(=O)NC2=O)c1. The lowest BCUT2D eigenvalue weighted by molar-refractivity contribution is -0.120. The van der Waals surface area contributed by atoms with Crippen LogP contribution in [-0.4, -0.2) is 22.8 Å². The second-order valence-electron chi connectivity index (χ2n) is 6.11. The number of rotatable bonds is 4. The number of hydrogen-bond acceptors (Lipinski definition) is 3. The van der Waals surface area contributed by atoms with Crippen molar-refractivity contribution in [3.05, 3.63) is 65.9 Å².